The molecule has 0 radical (unpaired) electrons. The molecule has 1 heterocycles. The molecule has 0 spiro atoms. The summed E-state index contributed by atoms with van der Waals surface area (Å²) in [7, 11) is -3.66. The van der Waals surface area contributed by atoms with Gasteiger partial charge < -0.3 is 10.1 Å². The highest BCUT2D eigenvalue weighted by molar-refractivity contribution is 7.91. The van der Waals surface area contributed by atoms with E-state index in [-0.39, 0.29) is 21.9 Å². The molecule has 1 aliphatic heterocycles. The lowest BCUT2D eigenvalue weighted by Gasteiger charge is -2.37. The second kappa shape index (κ2) is 7.79. The SMILES string of the molecule is Cc1ccc(S(=O)(=O)CC2(C)COC2)cc1C(=O)Nc1ccc(F)c(C(F)F)c1. The Kier molecular flexibility index (Phi) is 5.73. The second-order valence-electron chi connectivity index (χ2n) is 7.53. The molecule has 0 atom stereocenters. The van der Waals surface area contributed by atoms with Crippen LogP contribution in [0.25, 0.3) is 0 Å². The number of hydrogen-bond acceptors (Lipinski definition) is 4. The molecule has 9 heteroatoms. The molecule has 0 saturated carbocycles. The normalized spacial score (nSPS) is 15.8. The molecule has 1 aliphatic rings. The van der Waals surface area contributed by atoms with E-state index in [1.807, 2.05) is 6.92 Å². The first kappa shape index (κ1) is 21.3. The summed E-state index contributed by atoms with van der Waals surface area (Å²) in [6, 6.07) is 7.05. The van der Waals surface area contributed by atoms with Crippen molar-refractivity contribution in [2.45, 2.75) is 25.2 Å². The van der Waals surface area contributed by atoms with Gasteiger partial charge in [0.05, 0.1) is 29.4 Å². The Morgan fingerprint density at radius 1 is 1.21 bits per heavy atom. The first-order valence-corrected chi connectivity index (χ1v) is 10.5. The number of carbonyl (C=O) groups is 1. The number of aryl methyl sites for hydroxylation is 1. The number of amides is 1. The molecule has 2 aromatic carbocycles. The lowest BCUT2D eigenvalue weighted by Crippen LogP contribution is -2.45. The zero-order valence-corrected chi connectivity index (χ0v) is 16.7. The maximum absolute atomic E-state index is 13.4. The Hall–Kier alpha value is -2.39. The molecule has 0 bridgehead atoms. The van der Waals surface area contributed by atoms with Crippen LogP contribution in [-0.4, -0.2) is 33.3 Å². The third-order valence-corrected chi connectivity index (χ3v) is 6.79. The van der Waals surface area contributed by atoms with Gasteiger partial charge in [0.15, 0.2) is 9.84 Å². The number of sulfone groups is 1. The van der Waals surface area contributed by atoms with Crippen molar-refractivity contribution in [2.24, 2.45) is 5.41 Å². The largest absolute Gasteiger partial charge is 0.380 e. The van der Waals surface area contributed by atoms with Gasteiger partial charge in [-0.3, -0.25) is 4.79 Å². The minimum atomic E-state index is -3.66. The summed E-state index contributed by atoms with van der Waals surface area (Å²) >= 11 is 0. The standard InChI is InChI=1S/C20H20F3NO4S/c1-12-3-5-14(29(26,27)11-20(2)9-28-10-20)8-15(12)19(25)24-13-4-6-17(21)16(7-13)18(22)23/h3-8,18H,9-11H2,1-2H3,(H,24,25). The maximum Gasteiger partial charge on any atom is 0.266 e. The first-order chi connectivity index (χ1) is 13.5. The number of benzene rings is 2. The molecule has 156 valence electrons. The molecule has 2 aromatic rings. The van der Waals surface area contributed by atoms with Gasteiger partial charge in [-0.15, -0.1) is 0 Å². The van der Waals surface area contributed by atoms with Gasteiger partial charge >= 0.3 is 0 Å². The van der Waals surface area contributed by atoms with Crippen molar-refractivity contribution in [3.05, 3.63) is 58.9 Å². The Morgan fingerprint density at radius 2 is 1.90 bits per heavy atom. The molecule has 3 rings (SSSR count). The van der Waals surface area contributed by atoms with E-state index in [2.05, 4.69) is 5.32 Å². The van der Waals surface area contributed by atoms with E-state index < -0.39 is 39.0 Å². The average molecular weight is 427 g/mol. The number of hydrogen-bond donors (Lipinski definition) is 1. The van der Waals surface area contributed by atoms with E-state index in [0.29, 0.717) is 18.8 Å². The predicted octanol–water partition coefficient (Wildman–Crippen LogP) is 4.13. The molecule has 5 nitrogen and oxygen atoms in total. The van der Waals surface area contributed by atoms with Crippen LogP contribution in [0, 0.1) is 18.2 Å². The predicted molar refractivity (Wildman–Crippen MR) is 101 cm³/mol. The monoisotopic (exact) mass is 427 g/mol. The number of rotatable bonds is 6. The van der Waals surface area contributed by atoms with Crippen molar-refractivity contribution in [3.63, 3.8) is 0 Å². The van der Waals surface area contributed by atoms with Gasteiger partial charge in [0, 0.05) is 16.7 Å². The van der Waals surface area contributed by atoms with Crippen LogP contribution in [-0.2, 0) is 14.6 Å². The van der Waals surface area contributed by atoms with Gasteiger partial charge in [-0.2, -0.15) is 0 Å². The van der Waals surface area contributed by atoms with Crippen LogP contribution in [0.4, 0.5) is 18.9 Å². The number of halogens is 3. The van der Waals surface area contributed by atoms with Crippen molar-refractivity contribution in [2.75, 3.05) is 24.3 Å². The fraction of sp³-hybridized carbons (Fsp3) is 0.350. The minimum Gasteiger partial charge on any atom is -0.380 e. The highest BCUT2D eigenvalue weighted by Crippen LogP contribution is 2.31. The number of anilines is 1. The van der Waals surface area contributed by atoms with Crippen LogP contribution in [0.3, 0.4) is 0 Å². The summed E-state index contributed by atoms with van der Waals surface area (Å²) in [6.45, 7) is 4.14. The summed E-state index contributed by atoms with van der Waals surface area (Å²) in [5, 5.41) is 2.42. The molecule has 0 aromatic heterocycles. The summed E-state index contributed by atoms with van der Waals surface area (Å²) in [5.41, 5.74) is -0.712. The number of nitrogens with one attached hydrogen (secondary N) is 1. The van der Waals surface area contributed by atoms with Crippen LogP contribution in [0.2, 0.25) is 0 Å². The van der Waals surface area contributed by atoms with Crippen molar-refractivity contribution in [1.82, 2.24) is 0 Å². The van der Waals surface area contributed by atoms with E-state index >= 15 is 0 Å². The third-order valence-electron chi connectivity index (χ3n) is 4.74. The molecule has 1 N–H and O–H groups in total. The molecular weight excluding hydrogens is 407 g/mol. The van der Waals surface area contributed by atoms with E-state index in [4.69, 9.17) is 4.74 Å². The van der Waals surface area contributed by atoms with E-state index in [1.165, 1.54) is 18.2 Å². The molecular formula is C20H20F3NO4S. The molecule has 0 aliphatic carbocycles. The Bertz CT molecular complexity index is 1050. The highest BCUT2D eigenvalue weighted by atomic mass is 32.2. The van der Waals surface area contributed by atoms with Crippen LogP contribution >= 0.6 is 0 Å². The fourth-order valence-corrected chi connectivity index (χ4v) is 4.93. The smallest absolute Gasteiger partial charge is 0.266 e. The summed E-state index contributed by atoms with van der Waals surface area (Å²) in [5.74, 6) is -1.86. The number of carbonyl (C=O) groups excluding carboxylic acids is 1. The molecule has 0 unspecified atom stereocenters. The highest BCUT2D eigenvalue weighted by Gasteiger charge is 2.38. The van der Waals surface area contributed by atoms with Gasteiger partial charge in [-0.25, -0.2) is 21.6 Å². The van der Waals surface area contributed by atoms with E-state index in [1.54, 1.807) is 6.92 Å². The van der Waals surface area contributed by atoms with Crippen LogP contribution in [0.15, 0.2) is 41.3 Å². The zero-order chi connectivity index (χ0) is 21.4. The Balaban J connectivity index is 1.86. The summed E-state index contributed by atoms with van der Waals surface area (Å²) < 4.78 is 69.7. The minimum absolute atomic E-state index is 0.00579. The van der Waals surface area contributed by atoms with Gasteiger partial charge in [-0.05, 0) is 42.8 Å². The van der Waals surface area contributed by atoms with Gasteiger partial charge in [-0.1, -0.05) is 13.0 Å². The number of ether oxygens (including phenoxy) is 1. The first-order valence-electron chi connectivity index (χ1n) is 8.81. The van der Waals surface area contributed by atoms with Crippen LogP contribution in [0.5, 0.6) is 0 Å². The average Bonchev–Trinajstić information content (AvgIpc) is 2.61. The number of alkyl halides is 2. The van der Waals surface area contributed by atoms with Crippen molar-refractivity contribution >= 4 is 21.4 Å². The maximum atomic E-state index is 13.4. The van der Waals surface area contributed by atoms with Crippen LogP contribution in [0.1, 0.15) is 34.8 Å². The Labute approximate surface area is 166 Å². The van der Waals surface area contributed by atoms with Crippen molar-refractivity contribution in [1.29, 1.82) is 0 Å². The van der Waals surface area contributed by atoms with Gasteiger partial charge in [0.25, 0.3) is 12.3 Å². The quantitative estimate of drug-likeness (QED) is 0.752. The lowest BCUT2D eigenvalue weighted by atomic mass is 9.92. The van der Waals surface area contributed by atoms with E-state index in [9.17, 15) is 26.4 Å². The van der Waals surface area contributed by atoms with Crippen molar-refractivity contribution in [3.8, 4) is 0 Å². The third kappa shape index (κ3) is 4.62. The van der Waals surface area contributed by atoms with Gasteiger partial charge in [0.2, 0.25) is 0 Å². The topological polar surface area (TPSA) is 72.5 Å². The second-order valence-corrected chi connectivity index (χ2v) is 9.52. The zero-order valence-electron chi connectivity index (χ0n) is 15.8. The van der Waals surface area contributed by atoms with Crippen LogP contribution < -0.4 is 5.32 Å². The van der Waals surface area contributed by atoms with Gasteiger partial charge in [0.1, 0.15) is 5.82 Å². The summed E-state index contributed by atoms with van der Waals surface area (Å²) in [6.07, 6.45) is -3.03. The molecule has 1 saturated heterocycles. The Morgan fingerprint density at radius 3 is 2.48 bits per heavy atom. The molecule has 1 amide bonds. The molecule has 29 heavy (non-hydrogen) atoms. The van der Waals surface area contributed by atoms with Crippen molar-refractivity contribution < 1.29 is 31.1 Å². The van der Waals surface area contributed by atoms with E-state index in [0.717, 1.165) is 18.2 Å². The molecule has 1 fully saturated rings. The summed E-state index contributed by atoms with van der Waals surface area (Å²) in [4.78, 5) is 12.6. The lowest BCUT2D eigenvalue weighted by molar-refractivity contribution is -0.0870. The fourth-order valence-electron chi connectivity index (χ4n) is 3.10.